The average molecular weight is 221 g/mol. The number of imidazole rings is 1. The van der Waals surface area contributed by atoms with Crippen LogP contribution in [0, 0.1) is 11.8 Å². The lowest BCUT2D eigenvalue weighted by Gasteiger charge is -2.35. The molecule has 2 N–H and O–H groups in total. The number of aromatic amines is 1. The topological polar surface area (TPSA) is 40.7 Å². The van der Waals surface area contributed by atoms with Crippen molar-refractivity contribution in [1.82, 2.24) is 15.3 Å². The van der Waals surface area contributed by atoms with E-state index >= 15 is 0 Å². The molecular formula is C13H23N3. The molecule has 0 radical (unpaired) electrons. The average Bonchev–Trinajstić information content (AvgIpc) is 2.75. The van der Waals surface area contributed by atoms with E-state index in [1.165, 1.54) is 25.0 Å². The molecule has 0 spiro atoms. The first kappa shape index (κ1) is 11.6. The van der Waals surface area contributed by atoms with Crippen molar-refractivity contribution in [2.75, 3.05) is 6.54 Å². The summed E-state index contributed by atoms with van der Waals surface area (Å²) in [4.78, 5) is 7.18. The van der Waals surface area contributed by atoms with E-state index in [0.717, 1.165) is 24.8 Å². The van der Waals surface area contributed by atoms with Gasteiger partial charge in [0.25, 0.3) is 0 Å². The van der Waals surface area contributed by atoms with Gasteiger partial charge in [0, 0.05) is 30.9 Å². The van der Waals surface area contributed by atoms with Crippen LogP contribution in [0.1, 0.15) is 38.8 Å². The quantitative estimate of drug-likeness (QED) is 0.819. The largest absolute Gasteiger partial charge is 0.348 e. The second-order valence-electron chi connectivity index (χ2n) is 5.19. The van der Waals surface area contributed by atoms with Crippen LogP contribution < -0.4 is 5.32 Å². The highest BCUT2D eigenvalue weighted by Crippen LogP contribution is 2.28. The third kappa shape index (κ3) is 2.85. The molecule has 2 unspecified atom stereocenters. The minimum Gasteiger partial charge on any atom is -0.348 e. The molecule has 1 saturated carbocycles. The Bertz CT molecular complexity index is 284. The van der Waals surface area contributed by atoms with Crippen molar-refractivity contribution >= 4 is 0 Å². The fourth-order valence-electron chi connectivity index (χ4n) is 2.88. The van der Waals surface area contributed by atoms with Gasteiger partial charge in [0.2, 0.25) is 0 Å². The Morgan fingerprint density at radius 3 is 2.75 bits per heavy atom. The molecule has 0 bridgehead atoms. The zero-order valence-corrected chi connectivity index (χ0v) is 10.4. The van der Waals surface area contributed by atoms with Crippen LogP contribution >= 0.6 is 0 Å². The van der Waals surface area contributed by atoms with Crippen LogP contribution in [0.4, 0.5) is 0 Å². The summed E-state index contributed by atoms with van der Waals surface area (Å²) < 4.78 is 0. The van der Waals surface area contributed by atoms with Gasteiger partial charge in [-0.25, -0.2) is 4.98 Å². The van der Waals surface area contributed by atoms with Crippen molar-refractivity contribution < 1.29 is 0 Å². The van der Waals surface area contributed by atoms with Crippen LogP contribution in [0.15, 0.2) is 12.5 Å². The standard InChI is InChI=1S/C13H23N3/c1-10-4-3-5-11(2)13(10)15-7-6-12-8-14-9-16-12/h8-11,13,15H,3-7H2,1-2H3,(H,14,16). The maximum Gasteiger partial charge on any atom is 0.0921 e. The van der Waals surface area contributed by atoms with Crippen molar-refractivity contribution in [3.63, 3.8) is 0 Å². The summed E-state index contributed by atoms with van der Waals surface area (Å²) in [5.74, 6) is 1.65. The van der Waals surface area contributed by atoms with E-state index in [1.807, 2.05) is 6.20 Å². The molecule has 1 aliphatic carbocycles. The first-order valence-electron chi connectivity index (χ1n) is 6.48. The highest BCUT2D eigenvalue weighted by molar-refractivity contribution is 4.95. The molecule has 3 nitrogen and oxygen atoms in total. The molecule has 90 valence electrons. The van der Waals surface area contributed by atoms with Gasteiger partial charge < -0.3 is 10.3 Å². The highest BCUT2D eigenvalue weighted by atomic mass is 14.9. The summed E-state index contributed by atoms with van der Waals surface area (Å²) in [7, 11) is 0. The number of rotatable bonds is 4. The van der Waals surface area contributed by atoms with Gasteiger partial charge in [0.05, 0.1) is 6.33 Å². The number of nitrogens with one attached hydrogen (secondary N) is 2. The van der Waals surface area contributed by atoms with E-state index in [-0.39, 0.29) is 0 Å². The van der Waals surface area contributed by atoms with Gasteiger partial charge in [0.1, 0.15) is 0 Å². The zero-order valence-electron chi connectivity index (χ0n) is 10.4. The van der Waals surface area contributed by atoms with Crippen LogP contribution in [-0.4, -0.2) is 22.6 Å². The molecule has 2 atom stereocenters. The van der Waals surface area contributed by atoms with Crippen molar-refractivity contribution in [2.45, 2.75) is 45.6 Å². The molecule has 0 aliphatic heterocycles. The number of nitrogens with zero attached hydrogens (tertiary/aromatic N) is 1. The Morgan fingerprint density at radius 1 is 1.38 bits per heavy atom. The van der Waals surface area contributed by atoms with Gasteiger partial charge in [-0.05, 0) is 24.7 Å². The maximum absolute atomic E-state index is 4.03. The minimum absolute atomic E-state index is 0.705. The molecule has 1 fully saturated rings. The van der Waals surface area contributed by atoms with Crippen LogP contribution in [0.25, 0.3) is 0 Å². The van der Waals surface area contributed by atoms with Crippen LogP contribution in [-0.2, 0) is 6.42 Å². The molecule has 1 aromatic heterocycles. The van der Waals surface area contributed by atoms with E-state index in [9.17, 15) is 0 Å². The fourth-order valence-corrected chi connectivity index (χ4v) is 2.88. The molecule has 2 rings (SSSR count). The summed E-state index contributed by atoms with van der Waals surface area (Å²) in [6.45, 7) is 5.81. The molecule has 3 heteroatoms. The normalized spacial score (nSPS) is 30.5. The first-order chi connectivity index (χ1) is 7.77. The van der Waals surface area contributed by atoms with Crippen molar-refractivity contribution in [3.05, 3.63) is 18.2 Å². The predicted molar refractivity (Wildman–Crippen MR) is 66.3 cm³/mol. The Hall–Kier alpha value is -0.830. The summed E-state index contributed by atoms with van der Waals surface area (Å²) in [5.41, 5.74) is 1.23. The van der Waals surface area contributed by atoms with Gasteiger partial charge in [-0.1, -0.05) is 20.3 Å². The lowest BCUT2D eigenvalue weighted by atomic mass is 9.79. The maximum atomic E-state index is 4.03. The number of hydrogen-bond acceptors (Lipinski definition) is 2. The molecule has 1 aliphatic rings. The summed E-state index contributed by atoms with van der Waals surface area (Å²) in [5, 5.41) is 3.71. The lowest BCUT2D eigenvalue weighted by Crippen LogP contribution is -2.43. The van der Waals surface area contributed by atoms with E-state index in [0.29, 0.717) is 6.04 Å². The number of H-pyrrole nitrogens is 1. The summed E-state index contributed by atoms with van der Waals surface area (Å²) in [6.07, 6.45) is 8.88. The van der Waals surface area contributed by atoms with Gasteiger partial charge in [-0.2, -0.15) is 0 Å². The van der Waals surface area contributed by atoms with Crippen LogP contribution in [0.2, 0.25) is 0 Å². The van der Waals surface area contributed by atoms with Gasteiger partial charge in [-0.15, -0.1) is 0 Å². The van der Waals surface area contributed by atoms with Gasteiger partial charge in [0.15, 0.2) is 0 Å². The van der Waals surface area contributed by atoms with Crippen LogP contribution in [0.5, 0.6) is 0 Å². The summed E-state index contributed by atoms with van der Waals surface area (Å²) >= 11 is 0. The van der Waals surface area contributed by atoms with E-state index in [4.69, 9.17) is 0 Å². The van der Waals surface area contributed by atoms with Crippen LogP contribution in [0.3, 0.4) is 0 Å². The predicted octanol–water partition coefficient (Wildman–Crippen LogP) is 2.37. The molecule has 0 amide bonds. The van der Waals surface area contributed by atoms with Gasteiger partial charge >= 0.3 is 0 Å². The molecule has 0 saturated heterocycles. The molecular weight excluding hydrogens is 198 g/mol. The van der Waals surface area contributed by atoms with Crippen molar-refractivity contribution in [3.8, 4) is 0 Å². The minimum atomic E-state index is 0.705. The SMILES string of the molecule is CC1CCCC(C)C1NCCc1cnc[nH]1. The van der Waals surface area contributed by atoms with E-state index in [1.54, 1.807) is 6.33 Å². The lowest BCUT2D eigenvalue weighted by molar-refractivity contribution is 0.210. The second-order valence-corrected chi connectivity index (χ2v) is 5.19. The Kier molecular flexibility index (Phi) is 3.99. The Balaban J connectivity index is 1.75. The third-order valence-electron chi connectivity index (χ3n) is 3.87. The fraction of sp³-hybridized carbons (Fsp3) is 0.769. The number of aromatic nitrogens is 2. The molecule has 0 aromatic carbocycles. The molecule has 1 heterocycles. The Labute approximate surface area is 98.1 Å². The molecule has 16 heavy (non-hydrogen) atoms. The third-order valence-corrected chi connectivity index (χ3v) is 3.87. The zero-order chi connectivity index (χ0) is 11.4. The smallest absolute Gasteiger partial charge is 0.0921 e. The van der Waals surface area contributed by atoms with Gasteiger partial charge in [-0.3, -0.25) is 0 Å². The van der Waals surface area contributed by atoms with E-state index in [2.05, 4.69) is 29.1 Å². The van der Waals surface area contributed by atoms with Crippen molar-refractivity contribution in [1.29, 1.82) is 0 Å². The summed E-state index contributed by atoms with van der Waals surface area (Å²) in [6, 6.07) is 0.705. The highest BCUT2D eigenvalue weighted by Gasteiger charge is 2.26. The molecule has 1 aromatic rings. The van der Waals surface area contributed by atoms with E-state index < -0.39 is 0 Å². The Morgan fingerprint density at radius 2 is 2.12 bits per heavy atom. The first-order valence-corrected chi connectivity index (χ1v) is 6.48. The number of hydrogen-bond donors (Lipinski definition) is 2. The van der Waals surface area contributed by atoms with Crippen molar-refractivity contribution in [2.24, 2.45) is 11.8 Å². The second kappa shape index (κ2) is 5.48. The monoisotopic (exact) mass is 221 g/mol.